The molecule has 2 saturated carbocycles. The zero-order valence-electron chi connectivity index (χ0n) is 15.5. The van der Waals surface area contributed by atoms with Gasteiger partial charge in [0.2, 0.25) is 0 Å². The molecule has 154 valence electrons. The Balaban J connectivity index is 1.50. The van der Waals surface area contributed by atoms with Gasteiger partial charge in [-0.3, -0.25) is 4.79 Å². The van der Waals surface area contributed by atoms with Crippen molar-refractivity contribution in [3.05, 3.63) is 47.9 Å². The smallest absolute Gasteiger partial charge is 0.417 e. The number of aliphatic carboxylic acids is 1. The molecule has 0 spiro atoms. The fourth-order valence-electron chi connectivity index (χ4n) is 4.84. The van der Waals surface area contributed by atoms with Gasteiger partial charge in [-0.15, -0.1) is 0 Å². The summed E-state index contributed by atoms with van der Waals surface area (Å²) in [6.07, 6.45) is 0.176. The molecular formula is C21H20F4N2O2. The molecule has 2 aliphatic carbocycles. The van der Waals surface area contributed by atoms with Crippen LogP contribution in [0.3, 0.4) is 0 Å². The quantitative estimate of drug-likeness (QED) is 0.655. The minimum Gasteiger partial charge on any atom is -0.481 e. The topological polar surface area (TPSA) is 62.2 Å². The third-order valence-corrected chi connectivity index (χ3v) is 6.45. The van der Waals surface area contributed by atoms with Crippen LogP contribution >= 0.6 is 0 Å². The number of hydrogen-bond acceptors (Lipinski definition) is 3. The van der Waals surface area contributed by atoms with Crippen LogP contribution in [0.5, 0.6) is 0 Å². The molecule has 0 amide bonds. The van der Waals surface area contributed by atoms with E-state index in [0.717, 1.165) is 31.0 Å². The predicted octanol–water partition coefficient (Wildman–Crippen LogP) is 5.35. The highest BCUT2D eigenvalue weighted by Gasteiger charge is 2.58. The number of fused-ring (bicyclic) bond motifs is 2. The number of pyridine rings is 1. The van der Waals surface area contributed by atoms with E-state index in [-0.39, 0.29) is 11.0 Å². The number of carboxylic acid groups (broad SMARTS) is 1. The van der Waals surface area contributed by atoms with Crippen molar-refractivity contribution in [1.29, 1.82) is 0 Å². The maximum Gasteiger partial charge on any atom is 0.417 e. The lowest BCUT2D eigenvalue weighted by atomic mass is 9.82. The molecule has 0 saturated heterocycles. The van der Waals surface area contributed by atoms with Gasteiger partial charge in [0.25, 0.3) is 0 Å². The van der Waals surface area contributed by atoms with E-state index < -0.39 is 34.5 Å². The van der Waals surface area contributed by atoms with Crippen molar-refractivity contribution in [3.8, 4) is 11.1 Å². The van der Waals surface area contributed by atoms with E-state index in [4.69, 9.17) is 0 Å². The first-order valence-corrected chi connectivity index (χ1v) is 9.44. The number of benzene rings is 1. The zero-order chi connectivity index (χ0) is 20.9. The first-order valence-electron chi connectivity index (χ1n) is 9.44. The van der Waals surface area contributed by atoms with E-state index in [9.17, 15) is 27.5 Å². The number of hydrogen-bond donors (Lipinski definition) is 2. The van der Waals surface area contributed by atoms with Gasteiger partial charge >= 0.3 is 12.1 Å². The second-order valence-electron chi connectivity index (χ2n) is 8.21. The van der Waals surface area contributed by atoms with E-state index >= 15 is 0 Å². The van der Waals surface area contributed by atoms with Crippen molar-refractivity contribution in [2.75, 3.05) is 11.9 Å². The Morgan fingerprint density at radius 1 is 1.14 bits per heavy atom. The van der Waals surface area contributed by atoms with Crippen molar-refractivity contribution in [1.82, 2.24) is 4.98 Å². The number of nitrogens with one attached hydrogen (secondary N) is 1. The van der Waals surface area contributed by atoms with Crippen LogP contribution in [0.15, 0.2) is 36.5 Å². The number of alkyl halides is 3. The number of anilines is 1. The molecule has 0 aliphatic heterocycles. The maximum atomic E-state index is 14.1. The fourth-order valence-corrected chi connectivity index (χ4v) is 4.84. The van der Waals surface area contributed by atoms with Gasteiger partial charge < -0.3 is 10.4 Å². The van der Waals surface area contributed by atoms with Gasteiger partial charge in [0.15, 0.2) is 0 Å². The molecule has 1 heterocycles. The number of nitrogens with zero attached hydrogens (tertiary/aromatic N) is 1. The van der Waals surface area contributed by atoms with Gasteiger partial charge in [-0.1, -0.05) is 6.07 Å². The van der Waals surface area contributed by atoms with Crippen molar-refractivity contribution in [2.24, 2.45) is 10.8 Å². The summed E-state index contributed by atoms with van der Waals surface area (Å²) in [7, 11) is 0. The Morgan fingerprint density at radius 2 is 1.86 bits per heavy atom. The fraction of sp³-hybridized carbons (Fsp3) is 0.429. The second kappa shape index (κ2) is 6.71. The van der Waals surface area contributed by atoms with Crippen LogP contribution in [0.1, 0.15) is 37.7 Å². The number of aromatic nitrogens is 1. The van der Waals surface area contributed by atoms with Gasteiger partial charge in [0.1, 0.15) is 11.6 Å². The first-order chi connectivity index (χ1) is 13.6. The van der Waals surface area contributed by atoms with Gasteiger partial charge in [0.05, 0.1) is 11.0 Å². The van der Waals surface area contributed by atoms with E-state index in [2.05, 4.69) is 10.3 Å². The molecule has 1 aromatic heterocycles. The molecule has 4 nitrogen and oxygen atoms in total. The van der Waals surface area contributed by atoms with Gasteiger partial charge in [0, 0.05) is 23.9 Å². The minimum atomic E-state index is -4.67. The van der Waals surface area contributed by atoms with E-state index in [1.54, 1.807) is 0 Å². The standard InChI is InChI=1S/C21H20F4N2O2/c22-15-3-1-2-14(21(23,24)25)17(15)13-4-5-16(26-10-13)27-12-19-6-8-20(11-19,9-7-19)18(28)29/h1-5,10H,6-9,11-12H2,(H,26,27)(H,28,29). The number of halogens is 4. The molecule has 1 aromatic carbocycles. The Labute approximate surface area is 165 Å². The second-order valence-corrected chi connectivity index (χ2v) is 8.21. The lowest BCUT2D eigenvalue weighted by Crippen LogP contribution is -2.25. The summed E-state index contributed by atoms with van der Waals surface area (Å²) in [6.45, 7) is 0.557. The lowest BCUT2D eigenvalue weighted by Gasteiger charge is -2.27. The molecule has 8 heteroatoms. The van der Waals surface area contributed by atoms with E-state index in [0.29, 0.717) is 31.6 Å². The van der Waals surface area contributed by atoms with Crippen molar-refractivity contribution in [3.63, 3.8) is 0 Å². The highest BCUT2D eigenvalue weighted by atomic mass is 19.4. The Morgan fingerprint density at radius 3 is 2.41 bits per heavy atom. The molecule has 2 fully saturated rings. The summed E-state index contributed by atoms with van der Waals surface area (Å²) in [5.74, 6) is -1.22. The number of carboxylic acids is 1. The Bertz CT molecular complexity index is 933. The van der Waals surface area contributed by atoms with Gasteiger partial charge in [-0.2, -0.15) is 13.2 Å². The van der Waals surface area contributed by atoms with Crippen LogP contribution in [0.2, 0.25) is 0 Å². The van der Waals surface area contributed by atoms with Gasteiger partial charge in [-0.05, 0) is 61.8 Å². The Kier molecular flexibility index (Phi) is 4.55. The molecule has 29 heavy (non-hydrogen) atoms. The van der Waals surface area contributed by atoms with Crippen molar-refractivity contribution >= 4 is 11.8 Å². The molecule has 4 rings (SSSR count). The van der Waals surface area contributed by atoms with E-state index in [1.807, 2.05) is 0 Å². The third kappa shape index (κ3) is 3.45. The summed E-state index contributed by atoms with van der Waals surface area (Å²) in [6, 6.07) is 5.80. The summed E-state index contributed by atoms with van der Waals surface area (Å²) in [4.78, 5) is 15.7. The SMILES string of the molecule is O=C(O)C12CCC(CNc3ccc(-c4c(F)cccc4C(F)(F)F)cn3)(CC1)C2. The predicted molar refractivity (Wildman–Crippen MR) is 98.7 cm³/mol. The molecule has 0 unspecified atom stereocenters. The lowest BCUT2D eigenvalue weighted by molar-refractivity contribution is -0.148. The summed E-state index contributed by atoms with van der Waals surface area (Å²) in [5, 5.41) is 12.7. The average molecular weight is 408 g/mol. The van der Waals surface area contributed by atoms with Crippen molar-refractivity contribution in [2.45, 2.75) is 38.3 Å². The maximum absolute atomic E-state index is 14.1. The number of carbonyl (C=O) groups is 1. The normalized spacial score (nSPS) is 25.9. The first kappa shape index (κ1) is 19.7. The highest BCUT2D eigenvalue weighted by Crippen LogP contribution is 2.61. The molecule has 0 atom stereocenters. The minimum absolute atomic E-state index is 0.0470. The zero-order valence-corrected chi connectivity index (χ0v) is 15.5. The highest BCUT2D eigenvalue weighted by molar-refractivity contribution is 5.76. The summed E-state index contributed by atoms with van der Waals surface area (Å²) in [5.41, 5.74) is -2.21. The third-order valence-electron chi connectivity index (χ3n) is 6.45. The molecule has 2 N–H and O–H groups in total. The Hall–Kier alpha value is -2.64. The number of rotatable bonds is 5. The monoisotopic (exact) mass is 408 g/mol. The summed E-state index contributed by atoms with van der Waals surface area (Å²) < 4.78 is 53.8. The van der Waals surface area contributed by atoms with Gasteiger partial charge in [-0.25, -0.2) is 9.37 Å². The van der Waals surface area contributed by atoms with Crippen LogP contribution in [0, 0.1) is 16.6 Å². The molecule has 2 bridgehead atoms. The molecule has 0 radical (unpaired) electrons. The molecular weight excluding hydrogens is 388 g/mol. The average Bonchev–Trinajstić information content (AvgIpc) is 3.24. The summed E-state index contributed by atoms with van der Waals surface area (Å²) >= 11 is 0. The van der Waals surface area contributed by atoms with Crippen LogP contribution in [0.4, 0.5) is 23.4 Å². The van der Waals surface area contributed by atoms with Crippen LogP contribution in [0.25, 0.3) is 11.1 Å². The van der Waals surface area contributed by atoms with Crippen LogP contribution in [-0.2, 0) is 11.0 Å². The van der Waals surface area contributed by atoms with Crippen LogP contribution in [-0.4, -0.2) is 22.6 Å². The molecule has 2 aliphatic rings. The van der Waals surface area contributed by atoms with Crippen LogP contribution < -0.4 is 5.32 Å². The van der Waals surface area contributed by atoms with Crippen molar-refractivity contribution < 1.29 is 27.5 Å². The molecule has 2 aromatic rings. The largest absolute Gasteiger partial charge is 0.481 e. The van der Waals surface area contributed by atoms with E-state index in [1.165, 1.54) is 18.3 Å².